The van der Waals surface area contributed by atoms with Gasteiger partial charge in [0.05, 0.1) is 0 Å². The Morgan fingerprint density at radius 2 is 2.08 bits per heavy atom. The van der Waals surface area contributed by atoms with Gasteiger partial charge >= 0.3 is 5.97 Å². The van der Waals surface area contributed by atoms with E-state index in [1.54, 1.807) is 0 Å². The van der Waals surface area contributed by atoms with E-state index < -0.39 is 5.97 Å². The van der Waals surface area contributed by atoms with E-state index >= 15 is 0 Å². The minimum absolute atomic E-state index is 0.322. The van der Waals surface area contributed by atoms with Gasteiger partial charge in [-0.15, -0.1) is 0 Å². The van der Waals surface area contributed by atoms with E-state index in [2.05, 4.69) is 13.8 Å². The van der Waals surface area contributed by atoms with Crippen molar-refractivity contribution in [1.29, 1.82) is 0 Å². The van der Waals surface area contributed by atoms with Crippen LogP contribution in [0.1, 0.15) is 33.1 Å². The number of carboxylic acids is 1. The Morgan fingerprint density at radius 1 is 1.42 bits per heavy atom. The van der Waals surface area contributed by atoms with Crippen molar-refractivity contribution in [2.75, 3.05) is 11.5 Å². The van der Waals surface area contributed by atoms with Crippen LogP contribution in [-0.4, -0.2) is 22.6 Å². The summed E-state index contributed by atoms with van der Waals surface area (Å²) in [5.74, 6) is 2.36. The van der Waals surface area contributed by atoms with Crippen LogP contribution >= 0.6 is 11.8 Å². The molecule has 12 heavy (non-hydrogen) atoms. The summed E-state index contributed by atoms with van der Waals surface area (Å²) in [6, 6.07) is 0. The van der Waals surface area contributed by atoms with Crippen LogP contribution in [0, 0.1) is 5.92 Å². The molecule has 72 valence electrons. The minimum atomic E-state index is -0.677. The Balaban J connectivity index is 2.96. The van der Waals surface area contributed by atoms with Crippen molar-refractivity contribution >= 4 is 17.7 Å². The zero-order valence-corrected chi connectivity index (χ0v) is 8.69. The number of unbranched alkanes of at least 4 members (excludes halogenated alkanes) is 1. The molecule has 1 N–H and O–H groups in total. The summed E-state index contributed by atoms with van der Waals surface area (Å²) in [5.41, 5.74) is 0. The van der Waals surface area contributed by atoms with Crippen molar-refractivity contribution in [3.8, 4) is 0 Å². The van der Waals surface area contributed by atoms with E-state index in [9.17, 15) is 4.79 Å². The van der Waals surface area contributed by atoms with Gasteiger partial charge in [-0.25, -0.2) is 0 Å². The first-order chi connectivity index (χ1) is 5.63. The third-order valence-electron chi connectivity index (χ3n) is 1.38. The average molecular weight is 190 g/mol. The molecule has 0 amide bonds. The van der Waals surface area contributed by atoms with E-state index in [-0.39, 0.29) is 0 Å². The number of carboxylic acid groups (broad SMARTS) is 1. The van der Waals surface area contributed by atoms with E-state index in [4.69, 9.17) is 5.11 Å². The number of hydrogen-bond donors (Lipinski definition) is 1. The molecule has 0 unspecified atom stereocenters. The molecule has 0 bridgehead atoms. The molecule has 0 fully saturated rings. The smallest absolute Gasteiger partial charge is 0.303 e. The fourth-order valence-corrected chi connectivity index (χ4v) is 1.85. The molecule has 0 saturated carbocycles. The lowest BCUT2D eigenvalue weighted by Gasteiger charge is -2.02. The molecule has 0 aromatic rings. The fraction of sp³-hybridized carbons (Fsp3) is 0.889. The first kappa shape index (κ1) is 11.8. The third-order valence-corrected chi connectivity index (χ3v) is 2.86. The van der Waals surface area contributed by atoms with Gasteiger partial charge in [0.25, 0.3) is 0 Å². The van der Waals surface area contributed by atoms with Crippen LogP contribution in [0.2, 0.25) is 0 Å². The Hall–Kier alpha value is -0.180. The van der Waals surface area contributed by atoms with Crippen LogP contribution in [0.4, 0.5) is 0 Å². The SMILES string of the molecule is CC(C)CSCCCCC(=O)O. The highest BCUT2D eigenvalue weighted by Gasteiger charge is 1.97. The largest absolute Gasteiger partial charge is 0.481 e. The molecule has 0 aliphatic heterocycles. The maximum atomic E-state index is 10.1. The molecule has 0 saturated heterocycles. The molecule has 0 aliphatic rings. The van der Waals surface area contributed by atoms with Crippen molar-refractivity contribution in [2.24, 2.45) is 5.92 Å². The lowest BCUT2D eigenvalue weighted by Crippen LogP contribution is -1.96. The standard InChI is InChI=1S/C9H18O2S/c1-8(2)7-12-6-4-3-5-9(10)11/h8H,3-7H2,1-2H3,(H,10,11). The quantitative estimate of drug-likeness (QED) is 0.627. The van der Waals surface area contributed by atoms with E-state index in [0.717, 1.165) is 24.5 Å². The molecule has 0 rings (SSSR count). The summed E-state index contributed by atoms with van der Waals surface area (Å²) in [4.78, 5) is 10.1. The molecule has 0 aliphatic carbocycles. The van der Waals surface area contributed by atoms with Crippen LogP contribution in [-0.2, 0) is 4.79 Å². The van der Waals surface area contributed by atoms with Crippen LogP contribution in [0.3, 0.4) is 0 Å². The number of rotatable bonds is 7. The van der Waals surface area contributed by atoms with Crippen molar-refractivity contribution in [3.63, 3.8) is 0 Å². The highest BCUT2D eigenvalue weighted by atomic mass is 32.2. The van der Waals surface area contributed by atoms with E-state index in [0.29, 0.717) is 6.42 Å². The minimum Gasteiger partial charge on any atom is -0.481 e. The summed E-state index contributed by atoms with van der Waals surface area (Å²) in [7, 11) is 0. The zero-order chi connectivity index (χ0) is 9.40. The van der Waals surface area contributed by atoms with E-state index in [1.165, 1.54) is 5.75 Å². The second-order valence-corrected chi connectivity index (χ2v) is 4.47. The van der Waals surface area contributed by atoms with Crippen LogP contribution < -0.4 is 0 Å². The lowest BCUT2D eigenvalue weighted by atomic mass is 10.2. The summed E-state index contributed by atoms with van der Waals surface area (Å²) in [6.45, 7) is 4.40. The van der Waals surface area contributed by atoms with Crippen LogP contribution in [0.15, 0.2) is 0 Å². The zero-order valence-electron chi connectivity index (χ0n) is 7.88. The van der Waals surface area contributed by atoms with Gasteiger partial charge in [0.2, 0.25) is 0 Å². The molecule has 0 atom stereocenters. The first-order valence-corrected chi connectivity index (χ1v) is 5.58. The van der Waals surface area contributed by atoms with Gasteiger partial charge in [0.1, 0.15) is 0 Å². The molecule has 3 heteroatoms. The van der Waals surface area contributed by atoms with Gasteiger partial charge in [0.15, 0.2) is 0 Å². The van der Waals surface area contributed by atoms with Gasteiger partial charge in [-0.2, -0.15) is 11.8 Å². The molecular weight excluding hydrogens is 172 g/mol. The summed E-state index contributed by atoms with van der Waals surface area (Å²) in [5, 5.41) is 8.35. The van der Waals surface area contributed by atoms with Crippen molar-refractivity contribution < 1.29 is 9.90 Å². The molecule has 0 aromatic carbocycles. The van der Waals surface area contributed by atoms with Crippen molar-refractivity contribution in [2.45, 2.75) is 33.1 Å². The molecular formula is C9H18O2S. The van der Waals surface area contributed by atoms with Gasteiger partial charge in [-0.3, -0.25) is 4.79 Å². The normalized spacial score (nSPS) is 10.6. The fourth-order valence-electron chi connectivity index (χ4n) is 0.799. The number of hydrogen-bond acceptors (Lipinski definition) is 2. The predicted molar refractivity (Wildman–Crippen MR) is 53.6 cm³/mol. The average Bonchev–Trinajstić information content (AvgIpc) is 1.95. The summed E-state index contributed by atoms with van der Waals surface area (Å²) < 4.78 is 0. The molecule has 0 aromatic heterocycles. The second kappa shape index (κ2) is 7.47. The van der Waals surface area contributed by atoms with Crippen molar-refractivity contribution in [3.05, 3.63) is 0 Å². The second-order valence-electron chi connectivity index (χ2n) is 3.32. The summed E-state index contributed by atoms with van der Waals surface area (Å²) in [6.07, 6.45) is 2.17. The van der Waals surface area contributed by atoms with Gasteiger partial charge < -0.3 is 5.11 Å². The number of thioether (sulfide) groups is 1. The van der Waals surface area contributed by atoms with Gasteiger partial charge in [-0.1, -0.05) is 13.8 Å². The maximum absolute atomic E-state index is 10.1. The van der Waals surface area contributed by atoms with Crippen LogP contribution in [0.25, 0.3) is 0 Å². The topological polar surface area (TPSA) is 37.3 Å². The Morgan fingerprint density at radius 3 is 2.58 bits per heavy atom. The molecule has 0 spiro atoms. The van der Waals surface area contributed by atoms with Gasteiger partial charge in [0, 0.05) is 6.42 Å². The number of aliphatic carboxylic acids is 1. The predicted octanol–water partition coefficient (Wildman–Crippen LogP) is 2.63. The van der Waals surface area contributed by atoms with Gasteiger partial charge in [-0.05, 0) is 30.3 Å². The van der Waals surface area contributed by atoms with Crippen molar-refractivity contribution in [1.82, 2.24) is 0 Å². The molecule has 0 radical (unpaired) electrons. The maximum Gasteiger partial charge on any atom is 0.303 e. The highest BCUT2D eigenvalue weighted by molar-refractivity contribution is 7.99. The number of carbonyl (C=O) groups is 1. The Kier molecular flexibility index (Phi) is 7.36. The highest BCUT2D eigenvalue weighted by Crippen LogP contribution is 2.10. The summed E-state index contributed by atoms with van der Waals surface area (Å²) >= 11 is 1.92. The Labute approximate surface area is 78.7 Å². The molecule has 0 heterocycles. The third kappa shape index (κ3) is 9.82. The monoisotopic (exact) mass is 190 g/mol. The van der Waals surface area contributed by atoms with Crippen LogP contribution in [0.5, 0.6) is 0 Å². The van der Waals surface area contributed by atoms with E-state index in [1.807, 2.05) is 11.8 Å². The lowest BCUT2D eigenvalue weighted by molar-refractivity contribution is -0.137. The first-order valence-electron chi connectivity index (χ1n) is 4.42. The molecule has 2 nitrogen and oxygen atoms in total. The Bertz CT molecular complexity index is 124.